The molecule has 0 saturated heterocycles. The molecule has 0 fully saturated rings. The molecule has 0 aliphatic carbocycles. The van der Waals surface area contributed by atoms with Gasteiger partial charge in [0.25, 0.3) is 0 Å². The molecular formula is C16H14Cl2N4OS. The fraction of sp³-hybridized carbons (Fsp3) is 0.125. The quantitative estimate of drug-likeness (QED) is 0.395. The van der Waals surface area contributed by atoms with E-state index in [0.29, 0.717) is 33.4 Å². The highest BCUT2D eigenvalue weighted by molar-refractivity contribution is 7.99. The van der Waals surface area contributed by atoms with Crippen LogP contribution in [0.4, 0.5) is 0 Å². The Morgan fingerprint density at radius 3 is 2.25 bits per heavy atom. The Balaban J connectivity index is 1.56. The molecule has 0 radical (unpaired) electrons. The Morgan fingerprint density at radius 1 is 0.958 bits per heavy atom. The second-order valence-corrected chi connectivity index (χ2v) is 6.77. The molecule has 0 aliphatic rings. The zero-order valence-corrected chi connectivity index (χ0v) is 14.9. The first-order chi connectivity index (χ1) is 11.6. The third kappa shape index (κ3) is 4.14. The topological polar surface area (TPSA) is 66.0 Å². The minimum Gasteiger partial charge on any atom is -0.493 e. The zero-order chi connectivity index (χ0) is 16.9. The van der Waals surface area contributed by atoms with Crippen LogP contribution in [-0.4, -0.2) is 27.2 Å². The van der Waals surface area contributed by atoms with Crippen LogP contribution in [-0.2, 0) is 0 Å². The monoisotopic (exact) mass is 380 g/mol. The van der Waals surface area contributed by atoms with Crippen molar-refractivity contribution in [1.82, 2.24) is 14.9 Å². The van der Waals surface area contributed by atoms with Crippen LogP contribution in [0, 0.1) is 0 Å². The van der Waals surface area contributed by atoms with Gasteiger partial charge in [-0.2, -0.15) is 0 Å². The van der Waals surface area contributed by atoms with E-state index in [-0.39, 0.29) is 0 Å². The van der Waals surface area contributed by atoms with Gasteiger partial charge < -0.3 is 10.6 Å². The summed E-state index contributed by atoms with van der Waals surface area (Å²) in [6, 6.07) is 14.5. The lowest BCUT2D eigenvalue weighted by atomic mass is 10.2. The minimum absolute atomic E-state index is 0.523. The Labute approximate surface area is 153 Å². The average Bonchev–Trinajstić information content (AvgIpc) is 2.95. The number of ether oxygens (including phenoxy) is 1. The number of halogens is 2. The Morgan fingerprint density at radius 2 is 1.58 bits per heavy atom. The maximum absolute atomic E-state index is 6.07. The third-order valence-corrected chi connectivity index (χ3v) is 4.58. The summed E-state index contributed by atoms with van der Waals surface area (Å²) < 4.78 is 7.10. The Bertz CT molecular complexity index is 806. The molecule has 24 heavy (non-hydrogen) atoms. The molecule has 1 aromatic heterocycles. The summed E-state index contributed by atoms with van der Waals surface area (Å²) in [4.78, 5) is 0. The van der Waals surface area contributed by atoms with Crippen LogP contribution < -0.4 is 10.6 Å². The van der Waals surface area contributed by atoms with Crippen molar-refractivity contribution in [3.8, 4) is 17.1 Å². The van der Waals surface area contributed by atoms with Crippen molar-refractivity contribution in [2.75, 3.05) is 18.2 Å². The summed E-state index contributed by atoms with van der Waals surface area (Å²) in [5.41, 5.74) is 0.860. The van der Waals surface area contributed by atoms with Crippen LogP contribution in [0.2, 0.25) is 10.0 Å². The predicted molar refractivity (Wildman–Crippen MR) is 98.3 cm³/mol. The first-order valence-electron chi connectivity index (χ1n) is 7.11. The number of aromatic nitrogens is 3. The summed E-state index contributed by atoms with van der Waals surface area (Å²) in [7, 11) is 0. The third-order valence-electron chi connectivity index (χ3n) is 3.16. The molecule has 0 amide bonds. The summed E-state index contributed by atoms with van der Waals surface area (Å²) in [6.07, 6.45) is 0. The number of thioether (sulfide) groups is 1. The molecule has 5 nitrogen and oxygen atoms in total. The van der Waals surface area contributed by atoms with Gasteiger partial charge >= 0.3 is 0 Å². The number of nitrogen functional groups attached to an aromatic ring is 1. The zero-order valence-electron chi connectivity index (χ0n) is 12.5. The summed E-state index contributed by atoms with van der Waals surface area (Å²) in [5, 5.41) is 10.2. The van der Waals surface area contributed by atoms with Gasteiger partial charge in [-0.05, 0) is 48.5 Å². The van der Waals surface area contributed by atoms with Gasteiger partial charge in [0.05, 0.1) is 6.61 Å². The molecular weight excluding hydrogens is 367 g/mol. The molecule has 0 aliphatic heterocycles. The molecule has 3 rings (SSSR count). The lowest BCUT2D eigenvalue weighted by Crippen LogP contribution is -2.12. The molecule has 0 unspecified atom stereocenters. The average molecular weight is 381 g/mol. The second kappa shape index (κ2) is 7.79. The number of nitrogens with two attached hydrogens (primary N) is 1. The Kier molecular flexibility index (Phi) is 5.50. The van der Waals surface area contributed by atoms with Gasteiger partial charge in [-0.1, -0.05) is 35.0 Å². The van der Waals surface area contributed by atoms with Crippen molar-refractivity contribution in [2.45, 2.75) is 5.16 Å². The minimum atomic E-state index is 0.523. The van der Waals surface area contributed by atoms with Crippen molar-refractivity contribution in [2.24, 2.45) is 0 Å². The molecule has 0 atom stereocenters. The van der Waals surface area contributed by atoms with Gasteiger partial charge in [0, 0.05) is 21.4 Å². The van der Waals surface area contributed by atoms with E-state index in [9.17, 15) is 0 Å². The van der Waals surface area contributed by atoms with E-state index in [2.05, 4.69) is 10.2 Å². The first kappa shape index (κ1) is 17.0. The van der Waals surface area contributed by atoms with Crippen molar-refractivity contribution in [3.05, 3.63) is 58.6 Å². The van der Waals surface area contributed by atoms with Crippen LogP contribution in [0.3, 0.4) is 0 Å². The summed E-state index contributed by atoms with van der Waals surface area (Å²) in [5.74, 6) is 8.12. The highest BCUT2D eigenvalue weighted by Gasteiger charge is 2.12. The molecule has 2 N–H and O–H groups in total. The number of rotatable bonds is 6. The van der Waals surface area contributed by atoms with Crippen molar-refractivity contribution < 1.29 is 4.74 Å². The molecule has 0 bridgehead atoms. The molecule has 0 spiro atoms. The van der Waals surface area contributed by atoms with Crippen LogP contribution in [0.1, 0.15) is 0 Å². The number of benzene rings is 2. The molecule has 1 heterocycles. The van der Waals surface area contributed by atoms with Crippen LogP contribution in [0.15, 0.2) is 53.7 Å². The van der Waals surface area contributed by atoms with E-state index in [1.54, 1.807) is 24.3 Å². The SMILES string of the molecule is Nn1c(SCCOc2ccc(Cl)cc2)nnc1-c1ccc(Cl)cc1. The number of hydrogen-bond acceptors (Lipinski definition) is 5. The largest absolute Gasteiger partial charge is 0.493 e. The second-order valence-electron chi connectivity index (χ2n) is 4.83. The van der Waals surface area contributed by atoms with Crippen LogP contribution in [0.25, 0.3) is 11.4 Å². The van der Waals surface area contributed by atoms with Crippen LogP contribution in [0.5, 0.6) is 5.75 Å². The molecule has 0 saturated carbocycles. The summed E-state index contributed by atoms with van der Waals surface area (Å²) in [6.45, 7) is 0.523. The molecule has 2 aromatic carbocycles. The summed E-state index contributed by atoms with van der Waals surface area (Å²) >= 11 is 13.2. The van der Waals surface area contributed by atoms with E-state index >= 15 is 0 Å². The van der Waals surface area contributed by atoms with Crippen LogP contribution >= 0.6 is 35.0 Å². The number of nitrogens with zero attached hydrogens (tertiary/aromatic N) is 3. The fourth-order valence-electron chi connectivity index (χ4n) is 1.99. The predicted octanol–water partition coefficient (Wildman–Crippen LogP) is 4.14. The lowest BCUT2D eigenvalue weighted by Gasteiger charge is -2.06. The standard InChI is InChI=1S/C16H14Cl2N4OS/c17-12-3-1-11(2-4-12)15-20-21-16(22(15)19)24-10-9-23-14-7-5-13(18)6-8-14/h1-8H,9-10,19H2. The maximum atomic E-state index is 6.07. The Hall–Kier alpha value is -1.89. The van der Waals surface area contributed by atoms with E-state index in [1.165, 1.54) is 16.4 Å². The van der Waals surface area contributed by atoms with Crippen molar-refractivity contribution >= 4 is 35.0 Å². The van der Waals surface area contributed by atoms with Gasteiger partial charge in [-0.15, -0.1) is 10.2 Å². The van der Waals surface area contributed by atoms with E-state index in [4.69, 9.17) is 33.8 Å². The van der Waals surface area contributed by atoms with Gasteiger partial charge in [0.15, 0.2) is 5.82 Å². The number of hydrogen-bond donors (Lipinski definition) is 1. The van der Waals surface area contributed by atoms with E-state index in [1.807, 2.05) is 24.3 Å². The molecule has 124 valence electrons. The van der Waals surface area contributed by atoms with E-state index < -0.39 is 0 Å². The first-order valence-corrected chi connectivity index (χ1v) is 8.85. The normalized spacial score (nSPS) is 10.8. The maximum Gasteiger partial charge on any atom is 0.210 e. The van der Waals surface area contributed by atoms with Gasteiger partial charge in [-0.3, -0.25) is 0 Å². The highest BCUT2D eigenvalue weighted by Crippen LogP contribution is 2.23. The van der Waals surface area contributed by atoms with E-state index in [0.717, 1.165) is 11.3 Å². The van der Waals surface area contributed by atoms with Crippen molar-refractivity contribution in [3.63, 3.8) is 0 Å². The molecule has 3 aromatic rings. The fourth-order valence-corrected chi connectivity index (χ4v) is 2.92. The van der Waals surface area contributed by atoms with Gasteiger partial charge in [-0.25, -0.2) is 4.68 Å². The van der Waals surface area contributed by atoms with Crippen molar-refractivity contribution in [1.29, 1.82) is 0 Å². The lowest BCUT2D eigenvalue weighted by molar-refractivity contribution is 0.344. The van der Waals surface area contributed by atoms with Gasteiger partial charge in [0.2, 0.25) is 5.16 Å². The van der Waals surface area contributed by atoms with Gasteiger partial charge in [0.1, 0.15) is 5.75 Å². The molecule has 8 heteroatoms. The highest BCUT2D eigenvalue weighted by atomic mass is 35.5. The smallest absolute Gasteiger partial charge is 0.210 e.